The summed E-state index contributed by atoms with van der Waals surface area (Å²) in [5.41, 5.74) is 0.501. The number of esters is 2. The van der Waals surface area contributed by atoms with Crippen molar-refractivity contribution in [2.45, 2.75) is 26.9 Å². The Balaban J connectivity index is 1.48. The molecule has 9 heteroatoms. The van der Waals surface area contributed by atoms with Crippen molar-refractivity contribution in [2.24, 2.45) is 0 Å². The van der Waals surface area contributed by atoms with Crippen LogP contribution in [0.4, 0.5) is 5.00 Å². The Morgan fingerprint density at radius 1 is 1.00 bits per heavy atom. The summed E-state index contributed by atoms with van der Waals surface area (Å²) in [5.74, 6) is -0.641. The molecule has 0 aliphatic carbocycles. The number of furan rings is 1. The highest BCUT2D eigenvalue weighted by molar-refractivity contribution is 7.18. The number of hydrogen-bond donors (Lipinski definition) is 1. The number of benzene rings is 2. The molecule has 0 aliphatic heterocycles. The van der Waals surface area contributed by atoms with Crippen molar-refractivity contribution < 1.29 is 33.0 Å². The Bertz CT molecular complexity index is 1420. The fourth-order valence-corrected chi connectivity index (χ4v) is 4.66. The Labute approximate surface area is 211 Å². The largest absolute Gasteiger partial charge is 0.486 e. The van der Waals surface area contributed by atoms with Crippen molar-refractivity contribution in [1.29, 1.82) is 0 Å². The SMILES string of the molecule is CCCOC(=O)c1c(NC(=O)c2ccc(COc3ccc4ccccc4c3)o2)sc(C(=O)OC)c1C. The van der Waals surface area contributed by atoms with Gasteiger partial charge in [-0.1, -0.05) is 37.3 Å². The number of methoxy groups -OCH3 is 1. The predicted octanol–water partition coefficient (Wildman–Crippen LogP) is 5.99. The summed E-state index contributed by atoms with van der Waals surface area (Å²) in [6, 6.07) is 16.9. The number of ether oxygens (including phenoxy) is 3. The second-order valence-electron chi connectivity index (χ2n) is 7.91. The number of hydrogen-bond acceptors (Lipinski definition) is 8. The minimum Gasteiger partial charge on any atom is -0.486 e. The summed E-state index contributed by atoms with van der Waals surface area (Å²) in [4.78, 5) is 37.9. The van der Waals surface area contributed by atoms with E-state index in [-0.39, 0.29) is 34.4 Å². The molecule has 2 heterocycles. The lowest BCUT2D eigenvalue weighted by Crippen LogP contribution is -2.14. The standard InChI is InChI=1S/C27H25NO7S/c1-4-13-33-26(30)22-16(2)23(27(31)32-3)36-25(22)28-24(29)21-12-11-20(35-21)15-34-19-10-9-17-7-5-6-8-18(17)14-19/h5-12,14H,4,13,15H2,1-3H3,(H,28,29). The highest BCUT2D eigenvalue weighted by atomic mass is 32.1. The topological polar surface area (TPSA) is 104 Å². The molecule has 0 spiro atoms. The minimum atomic E-state index is -0.625. The fraction of sp³-hybridized carbons (Fsp3) is 0.222. The molecule has 2 aromatic heterocycles. The van der Waals surface area contributed by atoms with Gasteiger partial charge in [-0.2, -0.15) is 0 Å². The number of fused-ring (bicyclic) bond motifs is 1. The van der Waals surface area contributed by atoms with Gasteiger partial charge in [-0.15, -0.1) is 11.3 Å². The van der Waals surface area contributed by atoms with E-state index in [2.05, 4.69) is 5.32 Å². The molecule has 36 heavy (non-hydrogen) atoms. The molecule has 0 aliphatic rings. The van der Waals surface area contributed by atoms with Crippen LogP contribution in [0.2, 0.25) is 0 Å². The van der Waals surface area contributed by atoms with Crippen LogP contribution in [0.3, 0.4) is 0 Å². The molecule has 0 fully saturated rings. The van der Waals surface area contributed by atoms with Gasteiger partial charge < -0.3 is 23.9 Å². The fourth-order valence-electron chi connectivity index (χ4n) is 3.56. The second-order valence-corrected chi connectivity index (χ2v) is 8.93. The first-order valence-corrected chi connectivity index (χ1v) is 12.1. The van der Waals surface area contributed by atoms with Gasteiger partial charge in [0.05, 0.1) is 19.3 Å². The van der Waals surface area contributed by atoms with E-state index in [9.17, 15) is 14.4 Å². The zero-order chi connectivity index (χ0) is 25.7. The summed E-state index contributed by atoms with van der Waals surface area (Å²) in [7, 11) is 1.25. The van der Waals surface area contributed by atoms with E-state index >= 15 is 0 Å². The normalized spacial score (nSPS) is 10.8. The van der Waals surface area contributed by atoms with Gasteiger partial charge in [0.25, 0.3) is 5.91 Å². The van der Waals surface area contributed by atoms with Crippen LogP contribution < -0.4 is 10.1 Å². The quantitative estimate of drug-likeness (QED) is 0.278. The summed E-state index contributed by atoms with van der Waals surface area (Å²) in [6.07, 6.45) is 0.636. The van der Waals surface area contributed by atoms with Crippen LogP contribution in [0, 0.1) is 6.92 Å². The molecule has 1 N–H and O–H groups in total. The molecule has 0 radical (unpaired) electrons. The molecular weight excluding hydrogens is 482 g/mol. The summed E-state index contributed by atoms with van der Waals surface area (Å²) < 4.78 is 21.5. The van der Waals surface area contributed by atoms with E-state index in [0.717, 1.165) is 22.1 Å². The molecule has 4 aromatic rings. The number of rotatable bonds is 9. The van der Waals surface area contributed by atoms with Crippen molar-refractivity contribution in [3.05, 3.63) is 82.1 Å². The third kappa shape index (κ3) is 5.41. The average molecular weight is 508 g/mol. The van der Waals surface area contributed by atoms with Crippen LogP contribution in [-0.4, -0.2) is 31.6 Å². The number of nitrogens with one attached hydrogen (secondary N) is 1. The van der Waals surface area contributed by atoms with E-state index in [4.69, 9.17) is 18.6 Å². The van der Waals surface area contributed by atoms with Crippen LogP contribution in [-0.2, 0) is 16.1 Å². The van der Waals surface area contributed by atoms with E-state index < -0.39 is 17.8 Å². The van der Waals surface area contributed by atoms with Gasteiger partial charge in [-0.25, -0.2) is 9.59 Å². The molecule has 0 saturated carbocycles. The third-order valence-corrected chi connectivity index (χ3v) is 6.56. The zero-order valence-electron chi connectivity index (χ0n) is 20.1. The molecule has 0 bridgehead atoms. The molecule has 2 aromatic carbocycles. The second kappa shape index (κ2) is 11.1. The first kappa shape index (κ1) is 25.0. The van der Waals surface area contributed by atoms with E-state index in [0.29, 0.717) is 23.5 Å². The molecule has 186 valence electrons. The number of anilines is 1. The summed E-state index contributed by atoms with van der Waals surface area (Å²) in [5, 5.41) is 5.02. The molecule has 0 unspecified atom stereocenters. The molecule has 8 nitrogen and oxygen atoms in total. The molecule has 4 rings (SSSR count). The predicted molar refractivity (Wildman–Crippen MR) is 136 cm³/mol. The van der Waals surface area contributed by atoms with E-state index in [1.54, 1.807) is 13.0 Å². The average Bonchev–Trinajstić information content (AvgIpc) is 3.50. The first-order chi connectivity index (χ1) is 17.4. The maximum Gasteiger partial charge on any atom is 0.348 e. The van der Waals surface area contributed by atoms with Crippen molar-refractivity contribution >= 4 is 45.0 Å². The van der Waals surface area contributed by atoms with Crippen LogP contribution in [0.5, 0.6) is 5.75 Å². The Morgan fingerprint density at radius 2 is 1.78 bits per heavy atom. The number of thiophene rings is 1. The van der Waals surface area contributed by atoms with Crippen LogP contribution in [0.1, 0.15) is 55.3 Å². The number of carbonyl (C=O) groups is 3. The van der Waals surface area contributed by atoms with Gasteiger partial charge in [0.2, 0.25) is 0 Å². The minimum absolute atomic E-state index is 0.0330. The zero-order valence-corrected chi connectivity index (χ0v) is 20.9. The van der Waals surface area contributed by atoms with Gasteiger partial charge >= 0.3 is 11.9 Å². The highest BCUT2D eigenvalue weighted by Gasteiger charge is 2.28. The van der Waals surface area contributed by atoms with Gasteiger partial charge in [0, 0.05) is 0 Å². The van der Waals surface area contributed by atoms with Gasteiger partial charge in [0.15, 0.2) is 5.76 Å². The molecule has 0 saturated heterocycles. The van der Waals surface area contributed by atoms with Crippen molar-refractivity contribution in [3.63, 3.8) is 0 Å². The lowest BCUT2D eigenvalue weighted by atomic mass is 10.1. The third-order valence-electron chi connectivity index (χ3n) is 5.37. The van der Waals surface area contributed by atoms with Gasteiger partial charge in [0.1, 0.15) is 28.0 Å². The van der Waals surface area contributed by atoms with Crippen LogP contribution in [0.15, 0.2) is 59.0 Å². The Morgan fingerprint density at radius 3 is 2.53 bits per heavy atom. The van der Waals surface area contributed by atoms with E-state index in [1.165, 1.54) is 13.2 Å². The molecular formula is C27H25NO7S. The van der Waals surface area contributed by atoms with Crippen molar-refractivity contribution in [2.75, 3.05) is 19.0 Å². The number of carbonyl (C=O) groups excluding carboxylic acids is 3. The van der Waals surface area contributed by atoms with Crippen molar-refractivity contribution in [3.8, 4) is 5.75 Å². The summed E-state index contributed by atoms with van der Waals surface area (Å²) in [6.45, 7) is 3.82. The van der Waals surface area contributed by atoms with Gasteiger partial charge in [-0.05, 0) is 53.9 Å². The maximum atomic E-state index is 12.9. The Kier molecular flexibility index (Phi) is 7.70. The Hall–Kier alpha value is -4.11. The lowest BCUT2D eigenvalue weighted by molar-refractivity contribution is 0.0506. The van der Waals surface area contributed by atoms with Crippen LogP contribution in [0.25, 0.3) is 10.8 Å². The van der Waals surface area contributed by atoms with Crippen LogP contribution >= 0.6 is 11.3 Å². The maximum absolute atomic E-state index is 12.9. The number of amides is 1. The van der Waals surface area contributed by atoms with Crippen molar-refractivity contribution in [1.82, 2.24) is 0 Å². The lowest BCUT2D eigenvalue weighted by Gasteiger charge is -2.07. The highest BCUT2D eigenvalue weighted by Crippen LogP contribution is 2.34. The summed E-state index contributed by atoms with van der Waals surface area (Å²) >= 11 is 0.945. The first-order valence-electron chi connectivity index (χ1n) is 11.3. The van der Waals surface area contributed by atoms with E-state index in [1.807, 2.05) is 49.4 Å². The van der Waals surface area contributed by atoms with Gasteiger partial charge in [-0.3, -0.25) is 4.79 Å². The monoisotopic (exact) mass is 507 g/mol. The smallest absolute Gasteiger partial charge is 0.348 e. The molecule has 0 atom stereocenters. The molecule has 1 amide bonds.